The van der Waals surface area contributed by atoms with E-state index in [1.165, 1.54) is 0 Å². The van der Waals surface area contributed by atoms with Crippen molar-refractivity contribution in [1.29, 1.82) is 0 Å². The van der Waals surface area contributed by atoms with E-state index in [4.69, 9.17) is 11.6 Å². The lowest BCUT2D eigenvalue weighted by atomic mass is 9.98. The van der Waals surface area contributed by atoms with Crippen molar-refractivity contribution in [3.8, 4) is 11.1 Å². The number of pyridine rings is 1. The molecule has 1 heterocycles. The molecule has 7 heteroatoms. The number of rotatable bonds is 4. The third-order valence-corrected chi connectivity index (χ3v) is 5.21. The molecule has 0 spiro atoms. The van der Waals surface area contributed by atoms with Crippen molar-refractivity contribution < 1.29 is 18.3 Å². The van der Waals surface area contributed by atoms with Gasteiger partial charge in [0.05, 0.1) is 17.7 Å². The van der Waals surface area contributed by atoms with Gasteiger partial charge in [0.2, 0.25) is 0 Å². The Labute approximate surface area is 157 Å². The smallest absolute Gasteiger partial charge is 0.149 e. The zero-order valence-corrected chi connectivity index (χ0v) is 15.1. The minimum absolute atomic E-state index is 0.0773. The van der Waals surface area contributed by atoms with Gasteiger partial charge in [-0.05, 0) is 43.3 Å². The molecule has 0 unspecified atom stereocenters. The van der Waals surface area contributed by atoms with E-state index < -0.39 is 24.1 Å². The van der Waals surface area contributed by atoms with Crippen molar-refractivity contribution in [1.82, 2.24) is 4.98 Å². The van der Waals surface area contributed by atoms with Gasteiger partial charge >= 0.3 is 0 Å². The standard InChI is InChI=1S/C19H13ClF3NOS/c1-10-13(9-25)17(16(23)8-24-10)18-14(21)6-7-15(22)19(18)26-12-4-2-11(20)3-5-12/h2-8,25H,9H2,1H3. The molecule has 0 amide bonds. The molecule has 1 aromatic heterocycles. The van der Waals surface area contributed by atoms with Gasteiger partial charge in [-0.2, -0.15) is 0 Å². The van der Waals surface area contributed by atoms with Crippen LogP contribution in [0.1, 0.15) is 11.3 Å². The van der Waals surface area contributed by atoms with Crippen LogP contribution in [-0.4, -0.2) is 10.1 Å². The molecule has 0 aliphatic rings. The first-order chi connectivity index (χ1) is 12.4. The molecule has 1 N–H and O–H groups in total. The van der Waals surface area contributed by atoms with Crippen molar-refractivity contribution in [2.45, 2.75) is 23.3 Å². The summed E-state index contributed by atoms with van der Waals surface area (Å²) in [6.45, 7) is 1.02. The van der Waals surface area contributed by atoms with Crippen molar-refractivity contribution in [2.24, 2.45) is 0 Å². The molecule has 0 atom stereocenters. The molecule has 2 nitrogen and oxygen atoms in total. The summed E-state index contributed by atoms with van der Waals surface area (Å²) in [5, 5.41) is 10.1. The summed E-state index contributed by atoms with van der Waals surface area (Å²) in [4.78, 5) is 4.37. The maximum atomic E-state index is 14.6. The van der Waals surface area contributed by atoms with Crippen LogP contribution in [0.4, 0.5) is 13.2 Å². The molecule has 0 fully saturated rings. The molecule has 0 aliphatic carbocycles. The van der Waals surface area contributed by atoms with Gasteiger partial charge < -0.3 is 5.11 Å². The number of nitrogens with zero attached hydrogens (tertiary/aromatic N) is 1. The van der Waals surface area contributed by atoms with Crippen molar-refractivity contribution in [2.75, 3.05) is 0 Å². The van der Waals surface area contributed by atoms with Crippen LogP contribution in [0.2, 0.25) is 5.02 Å². The average Bonchev–Trinajstić information content (AvgIpc) is 2.62. The number of aryl methyl sites for hydroxylation is 1. The number of aliphatic hydroxyl groups excluding tert-OH is 1. The van der Waals surface area contributed by atoms with Crippen LogP contribution in [0, 0.1) is 24.4 Å². The highest BCUT2D eigenvalue weighted by molar-refractivity contribution is 7.99. The van der Waals surface area contributed by atoms with Crippen molar-refractivity contribution in [3.05, 3.63) is 76.3 Å². The number of aliphatic hydroxyl groups is 1. The number of hydrogen-bond acceptors (Lipinski definition) is 3. The maximum absolute atomic E-state index is 14.6. The Morgan fingerprint density at radius 3 is 2.27 bits per heavy atom. The summed E-state index contributed by atoms with van der Waals surface area (Å²) in [7, 11) is 0. The number of hydrogen-bond donors (Lipinski definition) is 1. The van der Waals surface area contributed by atoms with Gasteiger partial charge in [0, 0.05) is 32.3 Å². The SMILES string of the molecule is Cc1ncc(F)c(-c2c(F)ccc(F)c2Sc2ccc(Cl)cc2)c1CO. The average molecular weight is 396 g/mol. The van der Waals surface area contributed by atoms with E-state index in [1.54, 1.807) is 31.2 Å². The molecule has 3 aromatic rings. The van der Waals surface area contributed by atoms with Crippen LogP contribution in [-0.2, 0) is 6.61 Å². The summed E-state index contributed by atoms with van der Waals surface area (Å²) in [6, 6.07) is 8.48. The van der Waals surface area contributed by atoms with E-state index in [-0.39, 0.29) is 21.6 Å². The summed E-state index contributed by atoms with van der Waals surface area (Å²) in [6.07, 6.45) is 0.935. The quantitative estimate of drug-likeness (QED) is 0.608. The highest BCUT2D eigenvalue weighted by Gasteiger charge is 2.23. The number of aromatic nitrogens is 1. The molecule has 2 aromatic carbocycles. The lowest BCUT2D eigenvalue weighted by Crippen LogP contribution is -2.03. The molecule has 0 saturated heterocycles. The van der Waals surface area contributed by atoms with Crippen molar-refractivity contribution in [3.63, 3.8) is 0 Å². The van der Waals surface area contributed by atoms with Crippen LogP contribution in [0.25, 0.3) is 11.1 Å². The van der Waals surface area contributed by atoms with Gasteiger partial charge in [-0.3, -0.25) is 4.98 Å². The van der Waals surface area contributed by atoms with Crippen LogP contribution >= 0.6 is 23.4 Å². The fourth-order valence-corrected chi connectivity index (χ4v) is 3.67. The first kappa shape index (κ1) is 18.8. The van der Waals surface area contributed by atoms with Gasteiger partial charge in [-0.1, -0.05) is 23.4 Å². The van der Waals surface area contributed by atoms with E-state index >= 15 is 0 Å². The fourth-order valence-electron chi connectivity index (χ4n) is 2.57. The normalized spacial score (nSPS) is 11.0. The second-order valence-corrected chi connectivity index (χ2v) is 7.01. The van der Waals surface area contributed by atoms with E-state index in [9.17, 15) is 18.3 Å². The molecular formula is C19H13ClF3NOS. The molecular weight excluding hydrogens is 383 g/mol. The Bertz CT molecular complexity index is 964. The molecule has 0 saturated carbocycles. The lowest BCUT2D eigenvalue weighted by Gasteiger charge is -2.16. The Morgan fingerprint density at radius 1 is 0.962 bits per heavy atom. The van der Waals surface area contributed by atoms with E-state index in [2.05, 4.69) is 4.98 Å². The first-order valence-electron chi connectivity index (χ1n) is 7.59. The maximum Gasteiger partial charge on any atom is 0.149 e. The second kappa shape index (κ2) is 7.70. The molecule has 0 aliphatic heterocycles. The van der Waals surface area contributed by atoms with Gasteiger partial charge in [-0.15, -0.1) is 0 Å². The third-order valence-electron chi connectivity index (χ3n) is 3.85. The largest absolute Gasteiger partial charge is 0.392 e. The Morgan fingerprint density at radius 2 is 1.62 bits per heavy atom. The Hall–Kier alpha value is -2.02. The topological polar surface area (TPSA) is 33.1 Å². The van der Waals surface area contributed by atoms with Crippen molar-refractivity contribution >= 4 is 23.4 Å². The minimum atomic E-state index is -0.831. The highest BCUT2D eigenvalue weighted by Crippen LogP contribution is 2.42. The van der Waals surface area contributed by atoms with Gasteiger partial charge in [0.25, 0.3) is 0 Å². The predicted molar refractivity (Wildman–Crippen MR) is 95.8 cm³/mol. The summed E-state index contributed by atoms with van der Waals surface area (Å²) < 4.78 is 43.7. The monoisotopic (exact) mass is 395 g/mol. The summed E-state index contributed by atoms with van der Waals surface area (Å²) >= 11 is 6.80. The molecule has 26 heavy (non-hydrogen) atoms. The zero-order valence-electron chi connectivity index (χ0n) is 13.6. The predicted octanol–water partition coefficient (Wildman–Crippen LogP) is 5.77. The van der Waals surface area contributed by atoms with Crippen LogP contribution in [0.15, 0.2) is 52.4 Å². The Kier molecular flexibility index (Phi) is 5.55. The third kappa shape index (κ3) is 3.58. The van der Waals surface area contributed by atoms with Crippen LogP contribution < -0.4 is 0 Å². The van der Waals surface area contributed by atoms with Gasteiger partial charge in [-0.25, -0.2) is 13.2 Å². The van der Waals surface area contributed by atoms with Crippen LogP contribution in [0.3, 0.4) is 0 Å². The Balaban J connectivity index is 2.24. The molecule has 0 bridgehead atoms. The fraction of sp³-hybridized carbons (Fsp3) is 0.105. The van der Waals surface area contributed by atoms with E-state index in [0.717, 1.165) is 30.1 Å². The molecule has 3 rings (SSSR count). The lowest BCUT2D eigenvalue weighted by molar-refractivity contribution is 0.280. The zero-order chi connectivity index (χ0) is 18.8. The van der Waals surface area contributed by atoms with Gasteiger partial charge in [0.1, 0.15) is 17.5 Å². The molecule has 134 valence electrons. The second-order valence-electron chi connectivity index (χ2n) is 5.49. The minimum Gasteiger partial charge on any atom is -0.392 e. The van der Waals surface area contributed by atoms with E-state index in [0.29, 0.717) is 15.6 Å². The molecule has 0 radical (unpaired) electrons. The number of benzene rings is 2. The summed E-state index contributed by atoms with van der Waals surface area (Å²) in [5.74, 6) is -2.32. The first-order valence-corrected chi connectivity index (χ1v) is 8.78. The summed E-state index contributed by atoms with van der Waals surface area (Å²) in [5.41, 5.74) is 0.0351. The van der Waals surface area contributed by atoms with Crippen LogP contribution in [0.5, 0.6) is 0 Å². The van der Waals surface area contributed by atoms with E-state index in [1.807, 2.05) is 0 Å². The highest BCUT2D eigenvalue weighted by atomic mass is 35.5. The number of halogens is 4. The van der Waals surface area contributed by atoms with Gasteiger partial charge in [0.15, 0.2) is 0 Å².